The van der Waals surface area contributed by atoms with Crippen LogP contribution in [0.5, 0.6) is 5.75 Å². The molecule has 17 heavy (non-hydrogen) atoms. The van der Waals surface area contributed by atoms with Crippen LogP contribution in [-0.2, 0) is 6.54 Å². The lowest BCUT2D eigenvalue weighted by atomic mass is 10.2. The van der Waals surface area contributed by atoms with E-state index in [2.05, 4.69) is 40.0 Å². The Labute approximate surface area is 111 Å². The van der Waals surface area contributed by atoms with Gasteiger partial charge in [-0.3, -0.25) is 0 Å². The van der Waals surface area contributed by atoms with Crippen LogP contribution in [0.15, 0.2) is 35.3 Å². The number of benzene rings is 1. The summed E-state index contributed by atoms with van der Waals surface area (Å²) >= 11 is 3.54. The van der Waals surface area contributed by atoms with Crippen LogP contribution in [0.1, 0.15) is 24.8 Å². The molecule has 0 radical (unpaired) electrons. The number of hydrogen-bond acceptors (Lipinski definition) is 2. The van der Waals surface area contributed by atoms with Crippen molar-refractivity contribution in [2.24, 2.45) is 0 Å². The van der Waals surface area contributed by atoms with Crippen LogP contribution in [0.2, 0.25) is 0 Å². The average Bonchev–Trinajstić information content (AvgIpc) is 3.13. The van der Waals surface area contributed by atoms with E-state index in [0.29, 0.717) is 6.61 Å². The molecule has 1 aromatic rings. The Hall–Kier alpha value is -0.800. The molecule has 1 aliphatic rings. The summed E-state index contributed by atoms with van der Waals surface area (Å²) in [7, 11) is 0. The summed E-state index contributed by atoms with van der Waals surface area (Å²) in [5, 5.41) is 3.50. The van der Waals surface area contributed by atoms with Crippen LogP contribution >= 0.6 is 15.9 Å². The van der Waals surface area contributed by atoms with Crippen LogP contribution in [0, 0.1) is 0 Å². The lowest BCUT2D eigenvalue weighted by Crippen LogP contribution is -2.15. The van der Waals surface area contributed by atoms with Crippen molar-refractivity contribution in [3.63, 3.8) is 0 Å². The lowest BCUT2D eigenvalue weighted by molar-refractivity contribution is 0.323. The zero-order chi connectivity index (χ0) is 12.1. The fourth-order valence-electron chi connectivity index (χ4n) is 1.57. The zero-order valence-electron chi connectivity index (χ0n) is 9.92. The van der Waals surface area contributed by atoms with Crippen LogP contribution in [0.25, 0.3) is 0 Å². The highest BCUT2D eigenvalue weighted by atomic mass is 79.9. The van der Waals surface area contributed by atoms with Gasteiger partial charge in [-0.15, -0.1) is 6.58 Å². The van der Waals surface area contributed by atoms with Gasteiger partial charge in [0.15, 0.2) is 0 Å². The summed E-state index contributed by atoms with van der Waals surface area (Å²) in [4.78, 5) is 0. The molecule has 0 aliphatic heterocycles. The molecule has 0 unspecified atom stereocenters. The van der Waals surface area contributed by atoms with Gasteiger partial charge in [0.2, 0.25) is 0 Å². The summed E-state index contributed by atoms with van der Waals surface area (Å²) in [6, 6.07) is 7.01. The van der Waals surface area contributed by atoms with E-state index < -0.39 is 0 Å². The SMILES string of the molecule is C=CCCOc1ccc(CNC2CC2)cc1Br. The predicted molar refractivity (Wildman–Crippen MR) is 74.3 cm³/mol. The third-order valence-electron chi connectivity index (χ3n) is 2.75. The van der Waals surface area contributed by atoms with Crippen molar-refractivity contribution in [3.05, 3.63) is 40.9 Å². The number of halogens is 1. The zero-order valence-corrected chi connectivity index (χ0v) is 11.5. The molecular formula is C14H18BrNO. The minimum Gasteiger partial charge on any atom is -0.492 e. The molecule has 1 saturated carbocycles. The minimum atomic E-state index is 0.682. The van der Waals surface area contributed by atoms with E-state index in [1.165, 1.54) is 18.4 Å². The highest BCUT2D eigenvalue weighted by molar-refractivity contribution is 9.10. The Morgan fingerprint density at radius 1 is 1.47 bits per heavy atom. The van der Waals surface area contributed by atoms with Crippen molar-refractivity contribution in [1.29, 1.82) is 0 Å². The Kier molecular flexibility index (Phi) is 4.63. The van der Waals surface area contributed by atoms with Gasteiger partial charge in [-0.2, -0.15) is 0 Å². The van der Waals surface area contributed by atoms with Gasteiger partial charge in [-0.25, -0.2) is 0 Å². The molecule has 1 fully saturated rings. The van der Waals surface area contributed by atoms with E-state index in [0.717, 1.165) is 29.2 Å². The van der Waals surface area contributed by atoms with Gasteiger partial charge in [0, 0.05) is 12.6 Å². The molecule has 1 aliphatic carbocycles. The van der Waals surface area contributed by atoms with Crippen molar-refractivity contribution >= 4 is 15.9 Å². The molecule has 1 aromatic carbocycles. The standard InChI is InChI=1S/C14H18BrNO/c1-2-3-8-17-14-7-4-11(9-13(14)15)10-16-12-5-6-12/h2,4,7,9,12,16H,1,3,5-6,8,10H2. The third kappa shape index (κ3) is 4.17. The fourth-order valence-corrected chi connectivity index (χ4v) is 2.11. The molecule has 3 heteroatoms. The number of ether oxygens (including phenoxy) is 1. The lowest BCUT2D eigenvalue weighted by Gasteiger charge is -2.09. The number of rotatable bonds is 7. The first-order chi connectivity index (χ1) is 8.29. The van der Waals surface area contributed by atoms with Gasteiger partial charge in [0.05, 0.1) is 11.1 Å². The maximum atomic E-state index is 5.63. The third-order valence-corrected chi connectivity index (χ3v) is 3.37. The number of nitrogens with one attached hydrogen (secondary N) is 1. The quantitative estimate of drug-likeness (QED) is 0.612. The maximum Gasteiger partial charge on any atom is 0.133 e. The molecule has 0 saturated heterocycles. The molecule has 2 nitrogen and oxygen atoms in total. The highest BCUT2D eigenvalue weighted by Gasteiger charge is 2.19. The normalized spacial score (nSPS) is 14.6. The Morgan fingerprint density at radius 3 is 2.94 bits per heavy atom. The van der Waals surface area contributed by atoms with Gasteiger partial charge in [-0.1, -0.05) is 12.1 Å². The van der Waals surface area contributed by atoms with Crippen LogP contribution in [0.3, 0.4) is 0 Å². The molecule has 92 valence electrons. The summed E-state index contributed by atoms with van der Waals surface area (Å²) in [6.07, 6.45) is 5.38. The van der Waals surface area contributed by atoms with Crippen molar-refractivity contribution in [2.45, 2.75) is 31.8 Å². The first-order valence-electron chi connectivity index (χ1n) is 6.05. The summed E-state index contributed by atoms with van der Waals surface area (Å²) in [5.41, 5.74) is 1.29. The average molecular weight is 296 g/mol. The molecule has 0 aromatic heterocycles. The van der Waals surface area contributed by atoms with E-state index in [1.54, 1.807) is 0 Å². The molecule has 2 rings (SSSR count). The van der Waals surface area contributed by atoms with Gasteiger partial charge < -0.3 is 10.1 Å². The Balaban J connectivity index is 1.87. The molecule has 0 bridgehead atoms. The second-order valence-electron chi connectivity index (χ2n) is 4.35. The molecule has 0 amide bonds. The molecular weight excluding hydrogens is 278 g/mol. The van der Waals surface area contributed by atoms with E-state index in [1.807, 2.05) is 12.1 Å². The highest BCUT2D eigenvalue weighted by Crippen LogP contribution is 2.27. The largest absolute Gasteiger partial charge is 0.492 e. The molecule has 0 heterocycles. The molecule has 1 N–H and O–H groups in total. The molecule has 0 atom stereocenters. The van der Waals surface area contributed by atoms with E-state index in [9.17, 15) is 0 Å². The van der Waals surface area contributed by atoms with E-state index >= 15 is 0 Å². The Bertz CT molecular complexity index is 388. The van der Waals surface area contributed by atoms with Crippen molar-refractivity contribution in [2.75, 3.05) is 6.61 Å². The van der Waals surface area contributed by atoms with Crippen molar-refractivity contribution < 1.29 is 4.74 Å². The fraction of sp³-hybridized carbons (Fsp3) is 0.429. The first-order valence-corrected chi connectivity index (χ1v) is 6.84. The predicted octanol–water partition coefficient (Wildman–Crippen LogP) is 3.66. The van der Waals surface area contributed by atoms with E-state index in [4.69, 9.17) is 4.74 Å². The van der Waals surface area contributed by atoms with Gasteiger partial charge in [0.25, 0.3) is 0 Å². The van der Waals surface area contributed by atoms with Gasteiger partial charge >= 0.3 is 0 Å². The first kappa shape index (κ1) is 12.7. The second kappa shape index (κ2) is 6.22. The minimum absolute atomic E-state index is 0.682. The van der Waals surface area contributed by atoms with Crippen molar-refractivity contribution in [1.82, 2.24) is 5.32 Å². The van der Waals surface area contributed by atoms with E-state index in [-0.39, 0.29) is 0 Å². The van der Waals surface area contributed by atoms with Gasteiger partial charge in [0.1, 0.15) is 5.75 Å². The summed E-state index contributed by atoms with van der Waals surface area (Å²) in [5.74, 6) is 0.905. The maximum absolute atomic E-state index is 5.63. The topological polar surface area (TPSA) is 21.3 Å². The smallest absolute Gasteiger partial charge is 0.133 e. The monoisotopic (exact) mass is 295 g/mol. The molecule has 0 spiro atoms. The van der Waals surface area contributed by atoms with Crippen LogP contribution in [0.4, 0.5) is 0 Å². The number of hydrogen-bond donors (Lipinski definition) is 1. The Morgan fingerprint density at radius 2 is 2.29 bits per heavy atom. The summed E-state index contributed by atoms with van der Waals surface area (Å²) in [6.45, 7) is 5.30. The summed E-state index contributed by atoms with van der Waals surface area (Å²) < 4.78 is 6.66. The second-order valence-corrected chi connectivity index (χ2v) is 5.20. The van der Waals surface area contributed by atoms with Crippen LogP contribution in [-0.4, -0.2) is 12.6 Å². The van der Waals surface area contributed by atoms with Crippen molar-refractivity contribution in [3.8, 4) is 5.75 Å². The van der Waals surface area contributed by atoms with Crippen LogP contribution < -0.4 is 10.1 Å². The van der Waals surface area contributed by atoms with Gasteiger partial charge in [-0.05, 0) is 52.9 Å².